The van der Waals surface area contributed by atoms with E-state index in [0.29, 0.717) is 18.2 Å². The molecule has 0 aliphatic carbocycles. The molecule has 0 spiro atoms. The van der Waals surface area contributed by atoms with Crippen LogP contribution in [0.2, 0.25) is 0 Å². The van der Waals surface area contributed by atoms with Crippen molar-refractivity contribution in [2.24, 2.45) is 5.73 Å². The molecule has 2 aromatic rings. The number of nitrogens with one attached hydrogen (secondary N) is 4. The topological polar surface area (TPSA) is 116 Å². The Morgan fingerprint density at radius 2 is 2.00 bits per heavy atom. The molecule has 0 bridgehead atoms. The summed E-state index contributed by atoms with van der Waals surface area (Å²) in [5.41, 5.74) is 8.47. The number of hydrogen-bond acceptors (Lipinski definition) is 5. The monoisotopic (exact) mass is 346 g/mol. The zero-order valence-corrected chi connectivity index (χ0v) is 14.4. The lowest BCUT2D eigenvalue weighted by Crippen LogP contribution is -2.33. The summed E-state index contributed by atoms with van der Waals surface area (Å²) in [4.78, 5) is 15.4. The van der Waals surface area contributed by atoms with E-state index in [9.17, 15) is 4.79 Å². The minimum atomic E-state index is -0.0995. The fourth-order valence-corrected chi connectivity index (χ4v) is 2.89. The molecule has 128 valence electrons. The number of nitrogens with zero attached hydrogens (tertiary/aromatic N) is 1. The van der Waals surface area contributed by atoms with Crippen LogP contribution in [-0.4, -0.2) is 29.9 Å². The summed E-state index contributed by atoms with van der Waals surface area (Å²) < 4.78 is 0. The summed E-state index contributed by atoms with van der Waals surface area (Å²) in [6.45, 7) is 2.79. The third-order valence-corrected chi connectivity index (χ3v) is 4.03. The van der Waals surface area contributed by atoms with Crippen LogP contribution >= 0.6 is 11.3 Å². The van der Waals surface area contributed by atoms with Gasteiger partial charge in [0.25, 0.3) is 0 Å². The highest BCUT2D eigenvalue weighted by Crippen LogP contribution is 2.17. The minimum absolute atomic E-state index is 0.0177. The Hall–Kier alpha value is -2.61. The van der Waals surface area contributed by atoms with Gasteiger partial charge in [-0.1, -0.05) is 12.1 Å². The van der Waals surface area contributed by atoms with Crippen molar-refractivity contribution in [3.05, 3.63) is 40.9 Å². The van der Waals surface area contributed by atoms with Gasteiger partial charge in [0.05, 0.1) is 5.69 Å². The summed E-state index contributed by atoms with van der Waals surface area (Å²) in [6, 6.07) is 8.24. The van der Waals surface area contributed by atoms with Crippen LogP contribution in [0.25, 0.3) is 0 Å². The maximum atomic E-state index is 11.0. The molecule has 8 heteroatoms. The molecule has 0 unspecified atom stereocenters. The van der Waals surface area contributed by atoms with Crippen LogP contribution in [0.3, 0.4) is 0 Å². The van der Waals surface area contributed by atoms with Gasteiger partial charge in [0.2, 0.25) is 5.91 Å². The molecule has 24 heavy (non-hydrogen) atoms. The highest BCUT2D eigenvalue weighted by Gasteiger charge is 2.04. The van der Waals surface area contributed by atoms with Crippen LogP contribution in [0.4, 0.5) is 10.8 Å². The van der Waals surface area contributed by atoms with E-state index in [0.717, 1.165) is 24.2 Å². The van der Waals surface area contributed by atoms with Gasteiger partial charge in [0, 0.05) is 31.1 Å². The van der Waals surface area contributed by atoms with E-state index >= 15 is 0 Å². The standard InChI is InChI=1S/C16H22N6OS/c1-11(23)21-16-22-14(10-24-16)7-4-12-2-5-13(6-3-12)19-8-9-20-15(17)18/h2-3,5-6,10,19H,4,7-9H2,1H3,(H4,17,18,20)(H,21,22,23). The second-order valence-corrected chi connectivity index (χ2v) is 6.15. The normalized spacial score (nSPS) is 10.2. The smallest absolute Gasteiger partial charge is 0.223 e. The fraction of sp³-hybridized carbons (Fsp3) is 0.312. The number of amides is 1. The first-order valence-electron chi connectivity index (χ1n) is 7.65. The lowest BCUT2D eigenvalue weighted by Gasteiger charge is -2.08. The number of thiazole rings is 1. The van der Waals surface area contributed by atoms with E-state index in [4.69, 9.17) is 11.1 Å². The van der Waals surface area contributed by atoms with Crippen molar-refractivity contribution in [2.45, 2.75) is 19.8 Å². The number of benzene rings is 1. The molecule has 0 radical (unpaired) electrons. The number of hydrogen-bond donors (Lipinski definition) is 5. The molecule has 0 aliphatic heterocycles. The average molecular weight is 346 g/mol. The Balaban J connectivity index is 1.76. The molecule has 1 amide bonds. The van der Waals surface area contributed by atoms with Crippen molar-refractivity contribution in [1.82, 2.24) is 10.3 Å². The Morgan fingerprint density at radius 3 is 2.67 bits per heavy atom. The van der Waals surface area contributed by atoms with Crippen molar-refractivity contribution in [3.63, 3.8) is 0 Å². The van der Waals surface area contributed by atoms with Gasteiger partial charge in [-0.15, -0.1) is 11.3 Å². The summed E-state index contributed by atoms with van der Waals surface area (Å²) in [7, 11) is 0. The number of aromatic nitrogens is 1. The predicted octanol–water partition coefficient (Wildman–Crippen LogP) is 1.78. The fourth-order valence-electron chi connectivity index (χ4n) is 2.10. The zero-order valence-electron chi connectivity index (χ0n) is 13.6. The number of carbonyl (C=O) groups is 1. The third-order valence-electron chi connectivity index (χ3n) is 3.23. The van der Waals surface area contributed by atoms with Crippen LogP contribution in [0.15, 0.2) is 29.6 Å². The molecule has 1 aromatic heterocycles. The van der Waals surface area contributed by atoms with Gasteiger partial charge < -0.3 is 21.7 Å². The molecule has 0 saturated carbocycles. The number of rotatable bonds is 8. The zero-order chi connectivity index (χ0) is 17.4. The van der Waals surface area contributed by atoms with E-state index in [1.165, 1.54) is 23.8 Å². The summed E-state index contributed by atoms with van der Waals surface area (Å²) in [5.74, 6) is -0.117. The molecule has 0 saturated heterocycles. The van der Waals surface area contributed by atoms with Crippen molar-refractivity contribution in [2.75, 3.05) is 23.7 Å². The molecule has 0 aliphatic rings. The minimum Gasteiger partial charge on any atom is -0.383 e. The lowest BCUT2D eigenvalue weighted by molar-refractivity contribution is -0.114. The molecular formula is C16H22N6OS. The summed E-state index contributed by atoms with van der Waals surface area (Å²) in [5, 5.41) is 18.4. The molecule has 2 rings (SSSR count). The number of anilines is 2. The molecule has 6 N–H and O–H groups in total. The van der Waals surface area contributed by atoms with E-state index in [1.54, 1.807) is 0 Å². The number of guanidine groups is 1. The van der Waals surface area contributed by atoms with E-state index in [2.05, 4.69) is 33.1 Å². The van der Waals surface area contributed by atoms with Crippen LogP contribution < -0.4 is 21.7 Å². The van der Waals surface area contributed by atoms with Crippen LogP contribution in [0.1, 0.15) is 18.2 Å². The van der Waals surface area contributed by atoms with E-state index in [1.807, 2.05) is 17.5 Å². The van der Waals surface area contributed by atoms with Gasteiger partial charge in [-0.2, -0.15) is 0 Å². The van der Waals surface area contributed by atoms with Gasteiger partial charge in [0.15, 0.2) is 11.1 Å². The molecule has 1 heterocycles. The SMILES string of the molecule is CC(=O)Nc1nc(CCc2ccc(NCCNC(=N)N)cc2)cs1. The molecule has 0 atom stereocenters. The second-order valence-electron chi connectivity index (χ2n) is 5.29. The largest absolute Gasteiger partial charge is 0.383 e. The van der Waals surface area contributed by atoms with Gasteiger partial charge in [0.1, 0.15) is 0 Å². The second kappa shape index (κ2) is 8.88. The predicted molar refractivity (Wildman–Crippen MR) is 98.7 cm³/mol. The Bertz CT molecular complexity index is 682. The Labute approximate surface area is 145 Å². The van der Waals surface area contributed by atoms with Crippen LogP contribution in [0, 0.1) is 5.41 Å². The first-order valence-corrected chi connectivity index (χ1v) is 8.53. The average Bonchev–Trinajstić information content (AvgIpc) is 2.97. The van der Waals surface area contributed by atoms with Gasteiger partial charge in [-0.25, -0.2) is 4.98 Å². The Morgan fingerprint density at radius 1 is 1.25 bits per heavy atom. The van der Waals surface area contributed by atoms with Crippen molar-refractivity contribution in [3.8, 4) is 0 Å². The highest BCUT2D eigenvalue weighted by atomic mass is 32.1. The maximum Gasteiger partial charge on any atom is 0.223 e. The van der Waals surface area contributed by atoms with Crippen LogP contribution in [0.5, 0.6) is 0 Å². The van der Waals surface area contributed by atoms with E-state index in [-0.39, 0.29) is 11.9 Å². The summed E-state index contributed by atoms with van der Waals surface area (Å²) in [6.07, 6.45) is 1.74. The van der Waals surface area contributed by atoms with Crippen molar-refractivity contribution >= 4 is 34.0 Å². The molecule has 0 fully saturated rings. The van der Waals surface area contributed by atoms with E-state index < -0.39 is 0 Å². The third kappa shape index (κ3) is 6.25. The number of carbonyl (C=O) groups excluding carboxylic acids is 1. The summed E-state index contributed by atoms with van der Waals surface area (Å²) >= 11 is 1.45. The number of aryl methyl sites for hydroxylation is 2. The molecule has 7 nitrogen and oxygen atoms in total. The number of nitrogens with two attached hydrogens (primary N) is 1. The lowest BCUT2D eigenvalue weighted by atomic mass is 10.1. The van der Waals surface area contributed by atoms with Gasteiger partial charge in [-0.05, 0) is 30.5 Å². The quantitative estimate of drug-likeness (QED) is 0.284. The van der Waals surface area contributed by atoms with Gasteiger partial charge in [-0.3, -0.25) is 10.2 Å². The molecular weight excluding hydrogens is 324 g/mol. The van der Waals surface area contributed by atoms with Gasteiger partial charge >= 0.3 is 0 Å². The first kappa shape index (κ1) is 17.7. The van der Waals surface area contributed by atoms with Crippen LogP contribution in [-0.2, 0) is 17.6 Å². The van der Waals surface area contributed by atoms with Crippen molar-refractivity contribution in [1.29, 1.82) is 5.41 Å². The molecule has 1 aromatic carbocycles. The van der Waals surface area contributed by atoms with Crippen molar-refractivity contribution < 1.29 is 4.79 Å². The first-order chi connectivity index (χ1) is 11.5. The highest BCUT2D eigenvalue weighted by molar-refractivity contribution is 7.13. The Kier molecular flexibility index (Phi) is 6.56. The maximum absolute atomic E-state index is 11.0.